The molecule has 0 saturated heterocycles. The van der Waals surface area contributed by atoms with Crippen molar-refractivity contribution in [3.05, 3.63) is 89.6 Å². The van der Waals surface area contributed by atoms with Crippen molar-refractivity contribution in [3.63, 3.8) is 0 Å². The van der Waals surface area contributed by atoms with Crippen LogP contribution in [0.25, 0.3) is 17.0 Å². The van der Waals surface area contributed by atoms with Crippen LogP contribution in [0.15, 0.2) is 73.0 Å². The van der Waals surface area contributed by atoms with Gasteiger partial charge in [0.15, 0.2) is 0 Å². The van der Waals surface area contributed by atoms with Gasteiger partial charge >= 0.3 is 0 Å². The Morgan fingerprint density at radius 2 is 1.50 bits per heavy atom. The Balaban J connectivity index is 0.000000508. The van der Waals surface area contributed by atoms with Crippen LogP contribution in [0.4, 0.5) is 0 Å². The molecule has 1 N–H and O–H groups in total. The number of hydrogen-bond donors (Lipinski definition) is 1. The van der Waals surface area contributed by atoms with Crippen LogP contribution in [0, 0.1) is 0 Å². The summed E-state index contributed by atoms with van der Waals surface area (Å²) >= 11 is 0. The van der Waals surface area contributed by atoms with Crippen molar-refractivity contribution in [3.8, 4) is 0 Å². The van der Waals surface area contributed by atoms with Gasteiger partial charge in [-0.05, 0) is 42.0 Å². The normalized spacial score (nSPS) is 10.0. The number of fused-ring (bicyclic) bond motifs is 1. The molecule has 1 nitrogen and oxygen atoms in total. The Labute approximate surface area is 198 Å². The van der Waals surface area contributed by atoms with Gasteiger partial charge in [0.05, 0.1) is 0 Å². The third-order valence-corrected chi connectivity index (χ3v) is 5.16. The topological polar surface area (TPSA) is 15.8 Å². The Bertz CT molecular complexity index is 878. The highest BCUT2D eigenvalue weighted by molar-refractivity contribution is 5.82. The zero-order valence-electron chi connectivity index (χ0n) is 20.5. The molecule has 0 spiro atoms. The number of allylic oxidation sites excluding steroid dienone is 2. The number of nitrogens with one attached hydrogen (secondary N) is 1. The van der Waals surface area contributed by atoms with Crippen molar-refractivity contribution in [1.82, 2.24) is 4.98 Å². The van der Waals surface area contributed by atoms with Crippen molar-refractivity contribution >= 4 is 17.0 Å². The minimum Gasteiger partial charge on any atom is -0.361 e. The van der Waals surface area contributed by atoms with Crippen molar-refractivity contribution in [2.24, 2.45) is 0 Å². The molecule has 0 aliphatic rings. The lowest BCUT2D eigenvalue weighted by molar-refractivity contribution is 0.886. The molecule has 3 aromatic rings. The summed E-state index contributed by atoms with van der Waals surface area (Å²) < 4.78 is 0. The number of aromatic nitrogens is 1. The quantitative estimate of drug-likeness (QED) is 0.340. The van der Waals surface area contributed by atoms with Crippen molar-refractivity contribution < 1.29 is 0 Å². The summed E-state index contributed by atoms with van der Waals surface area (Å²) in [6.45, 7) is 14.9. The van der Waals surface area contributed by atoms with E-state index in [1.807, 2.05) is 0 Å². The third kappa shape index (κ3) is 11.2. The summed E-state index contributed by atoms with van der Waals surface area (Å²) in [5.74, 6) is 0. The first-order chi connectivity index (χ1) is 15.1. The summed E-state index contributed by atoms with van der Waals surface area (Å²) in [5.41, 5.74) is 6.54. The Morgan fingerprint density at radius 1 is 0.844 bits per heavy atom. The predicted octanol–water partition coefficient (Wildman–Crippen LogP) is 10.2. The van der Waals surface area contributed by atoms with E-state index in [0.29, 0.717) is 0 Å². The molecule has 0 amide bonds. The van der Waals surface area contributed by atoms with Gasteiger partial charge in [0.1, 0.15) is 0 Å². The van der Waals surface area contributed by atoms with Gasteiger partial charge < -0.3 is 4.98 Å². The molecule has 3 rings (SSSR count). The highest BCUT2D eigenvalue weighted by Gasteiger charge is 1.99. The van der Waals surface area contributed by atoms with Crippen LogP contribution in [0.1, 0.15) is 90.8 Å². The van der Waals surface area contributed by atoms with E-state index < -0.39 is 0 Å². The van der Waals surface area contributed by atoms with Gasteiger partial charge in [-0.2, -0.15) is 0 Å². The monoisotopic (exact) mass is 433 g/mol. The molecular weight excluding hydrogens is 386 g/mol. The molecule has 1 heterocycles. The van der Waals surface area contributed by atoms with E-state index in [-0.39, 0.29) is 7.43 Å². The molecular formula is C31H47N. The highest BCUT2D eigenvalue weighted by Crippen LogP contribution is 2.18. The fraction of sp³-hybridized carbons (Fsp3) is 0.419. The first-order valence-corrected chi connectivity index (χ1v) is 12.1. The number of unbranched alkanes of at least 4 members (excludes halogenated alkanes) is 1. The van der Waals surface area contributed by atoms with Gasteiger partial charge in [-0.1, -0.05) is 134 Å². The lowest BCUT2D eigenvalue weighted by Crippen LogP contribution is -1.79. The van der Waals surface area contributed by atoms with Gasteiger partial charge in [-0.25, -0.2) is 0 Å². The van der Waals surface area contributed by atoms with Crippen molar-refractivity contribution in [2.75, 3.05) is 0 Å². The first kappa shape index (κ1) is 29.5. The van der Waals surface area contributed by atoms with E-state index in [9.17, 15) is 0 Å². The minimum atomic E-state index is 0. The van der Waals surface area contributed by atoms with Crippen LogP contribution < -0.4 is 0 Å². The maximum atomic E-state index is 4.01. The standard InChI is InChI=1S/C15H20.C11H13N.C4H10.CH4/c1-4-6-13(3)7-8-15-11-9-14(5-2)10-12-15;1-2-5-9-8-12-11-7-4-3-6-10(9)11;1-3-4-2;/h7-12H,3-6H2,1-2H3;3-4,6-8,12H,2,5H2,1H3;3-4H2,1-2H3;1H4/b8-7+;;;. The van der Waals surface area contributed by atoms with Gasteiger partial charge in [-0.15, -0.1) is 0 Å². The smallest absolute Gasteiger partial charge is 0.0456 e. The van der Waals surface area contributed by atoms with Crippen LogP contribution in [-0.4, -0.2) is 4.98 Å². The maximum Gasteiger partial charge on any atom is 0.0456 e. The molecule has 176 valence electrons. The SMILES string of the molecule is C.C=C(/C=C/c1ccc(CC)cc1)CCC.CCCC.CCCc1c[nH]c2ccccc12. The summed E-state index contributed by atoms with van der Waals surface area (Å²) in [6, 6.07) is 17.1. The molecule has 0 bridgehead atoms. The molecule has 0 fully saturated rings. The lowest BCUT2D eigenvalue weighted by Gasteiger charge is -1.98. The molecule has 0 aliphatic carbocycles. The van der Waals surface area contributed by atoms with E-state index in [2.05, 4.69) is 113 Å². The number of para-hydroxylation sites is 1. The molecule has 1 heteroatoms. The van der Waals surface area contributed by atoms with E-state index in [4.69, 9.17) is 0 Å². The maximum absolute atomic E-state index is 4.01. The van der Waals surface area contributed by atoms with Gasteiger partial charge in [-0.3, -0.25) is 0 Å². The second kappa shape index (κ2) is 18.1. The molecule has 0 atom stereocenters. The first-order valence-electron chi connectivity index (χ1n) is 12.1. The molecule has 0 radical (unpaired) electrons. The molecule has 2 aromatic carbocycles. The summed E-state index contributed by atoms with van der Waals surface area (Å²) in [5, 5.41) is 1.37. The van der Waals surface area contributed by atoms with Crippen molar-refractivity contribution in [2.45, 2.75) is 87.0 Å². The number of benzene rings is 2. The van der Waals surface area contributed by atoms with Crippen LogP contribution >= 0.6 is 0 Å². The van der Waals surface area contributed by atoms with Gasteiger partial charge in [0, 0.05) is 17.1 Å². The van der Waals surface area contributed by atoms with Gasteiger partial charge in [0.2, 0.25) is 0 Å². The average molecular weight is 434 g/mol. The molecule has 0 unspecified atom stereocenters. The number of aryl methyl sites for hydroxylation is 2. The van der Waals surface area contributed by atoms with Crippen molar-refractivity contribution in [1.29, 1.82) is 0 Å². The van der Waals surface area contributed by atoms with Crippen LogP contribution in [0.5, 0.6) is 0 Å². The summed E-state index contributed by atoms with van der Waals surface area (Å²) in [7, 11) is 0. The third-order valence-electron chi connectivity index (χ3n) is 5.16. The average Bonchev–Trinajstić information content (AvgIpc) is 3.22. The molecule has 0 saturated carbocycles. The number of H-pyrrole nitrogens is 1. The Morgan fingerprint density at radius 3 is 2.06 bits per heavy atom. The Kier molecular flexibility index (Phi) is 16.6. The fourth-order valence-electron chi connectivity index (χ4n) is 3.09. The fourth-order valence-corrected chi connectivity index (χ4v) is 3.09. The van der Waals surface area contributed by atoms with Crippen LogP contribution in [-0.2, 0) is 12.8 Å². The molecule has 32 heavy (non-hydrogen) atoms. The number of aromatic amines is 1. The Hall–Kier alpha value is -2.54. The molecule has 0 aliphatic heterocycles. The highest BCUT2D eigenvalue weighted by atomic mass is 14.7. The molecule has 1 aromatic heterocycles. The second-order valence-electron chi connectivity index (χ2n) is 7.95. The predicted molar refractivity (Wildman–Crippen MR) is 149 cm³/mol. The van der Waals surface area contributed by atoms with E-state index in [1.165, 1.54) is 58.8 Å². The number of rotatable bonds is 8. The van der Waals surface area contributed by atoms with E-state index >= 15 is 0 Å². The minimum absolute atomic E-state index is 0. The van der Waals surface area contributed by atoms with Crippen LogP contribution in [0.3, 0.4) is 0 Å². The van der Waals surface area contributed by atoms with E-state index in [1.54, 1.807) is 0 Å². The van der Waals surface area contributed by atoms with Gasteiger partial charge in [0.25, 0.3) is 0 Å². The second-order valence-corrected chi connectivity index (χ2v) is 7.95. The lowest BCUT2D eigenvalue weighted by atomic mass is 10.1. The number of hydrogen-bond acceptors (Lipinski definition) is 0. The zero-order chi connectivity index (χ0) is 22.9. The summed E-state index contributed by atoms with van der Waals surface area (Å²) in [4.78, 5) is 3.27. The summed E-state index contributed by atoms with van der Waals surface area (Å²) in [6.07, 6.45) is 14.7. The van der Waals surface area contributed by atoms with E-state index in [0.717, 1.165) is 19.3 Å². The largest absolute Gasteiger partial charge is 0.361 e. The zero-order valence-corrected chi connectivity index (χ0v) is 20.5. The van der Waals surface area contributed by atoms with Crippen LogP contribution in [0.2, 0.25) is 0 Å².